The van der Waals surface area contributed by atoms with Gasteiger partial charge >= 0.3 is 0 Å². The third-order valence-electron chi connectivity index (χ3n) is 2.82. The summed E-state index contributed by atoms with van der Waals surface area (Å²) in [5, 5.41) is 0. The van der Waals surface area contributed by atoms with Crippen LogP contribution >= 0.6 is 0 Å². The lowest BCUT2D eigenvalue weighted by Crippen LogP contribution is -2.36. The van der Waals surface area contributed by atoms with Crippen LogP contribution in [-0.2, 0) is 4.79 Å². The highest BCUT2D eigenvalue weighted by atomic mass is 16.1. The second-order valence-electron chi connectivity index (χ2n) is 4.05. The fourth-order valence-corrected chi connectivity index (χ4v) is 1.99. The molecule has 0 radical (unpaired) electrons. The van der Waals surface area contributed by atoms with Gasteiger partial charge in [0, 0.05) is 13.1 Å². The van der Waals surface area contributed by atoms with Crippen LogP contribution in [0.3, 0.4) is 0 Å². The van der Waals surface area contributed by atoms with Gasteiger partial charge in [0.2, 0.25) is 5.91 Å². The quantitative estimate of drug-likeness (QED) is 0.826. The van der Waals surface area contributed by atoms with E-state index in [4.69, 9.17) is 5.73 Å². The monoisotopic (exact) mass is 216 g/mol. The normalized spacial score (nSPS) is 16.9. The third-order valence-corrected chi connectivity index (χ3v) is 2.82. The fourth-order valence-electron chi connectivity index (χ4n) is 1.99. The minimum absolute atomic E-state index is 0.253. The summed E-state index contributed by atoms with van der Waals surface area (Å²) < 4.78 is 0. The number of amides is 1. The molecular weight excluding hydrogens is 200 g/mol. The van der Waals surface area contributed by atoms with Crippen molar-refractivity contribution in [1.82, 2.24) is 4.90 Å². The summed E-state index contributed by atoms with van der Waals surface area (Å²) in [4.78, 5) is 12.8. The Morgan fingerprint density at radius 1 is 1.31 bits per heavy atom. The van der Waals surface area contributed by atoms with Crippen LogP contribution in [0.5, 0.6) is 0 Å². The highest BCUT2D eigenvalue weighted by molar-refractivity contribution is 5.76. The number of carbonyl (C=O) groups excluding carboxylic acids is 1. The first-order valence-electron chi connectivity index (χ1n) is 5.51. The van der Waals surface area contributed by atoms with Crippen LogP contribution in [0, 0.1) is 0 Å². The van der Waals surface area contributed by atoms with E-state index in [0.717, 1.165) is 19.5 Å². The van der Waals surface area contributed by atoms with Gasteiger partial charge < -0.3 is 5.73 Å². The van der Waals surface area contributed by atoms with E-state index < -0.39 is 0 Å². The molecule has 0 aromatic heterocycles. The van der Waals surface area contributed by atoms with Gasteiger partial charge in [-0.15, -0.1) is 0 Å². The first-order valence-corrected chi connectivity index (χ1v) is 5.51. The Kier molecular flexibility index (Phi) is 3.37. The lowest BCUT2D eigenvalue weighted by Gasteiger charge is -2.25. The molecular formula is C13H16N2O. The van der Waals surface area contributed by atoms with Gasteiger partial charge in [-0.1, -0.05) is 36.4 Å². The average Bonchev–Trinajstić information content (AvgIpc) is 2.30. The van der Waals surface area contributed by atoms with Gasteiger partial charge in [0.05, 0.1) is 6.54 Å². The minimum Gasteiger partial charge on any atom is -0.369 e. The number of carbonyl (C=O) groups is 1. The zero-order valence-electron chi connectivity index (χ0n) is 9.23. The SMILES string of the molecule is NC(=O)CN1CC=C(c2ccccc2)CC1. The summed E-state index contributed by atoms with van der Waals surface area (Å²) in [6.45, 7) is 2.08. The van der Waals surface area contributed by atoms with Crippen molar-refractivity contribution in [3.63, 3.8) is 0 Å². The third kappa shape index (κ3) is 2.70. The molecule has 0 aliphatic carbocycles. The molecule has 1 amide bonds. The Bertz CT molecular complexity index is 398. The number of nitrogens with two attached hydrogens (primary N) is 1. The predicted molar refractivity (Wildman–Crippen MR) is 64.7 cm³/mol. The van der Waals surface area contributed by atoms with Gasteiger partial charge in [0.15, 0.2) is 0 Å². The molecule has 0 bridgehead atoms. The maximum Gasteiger partial charge on any atom is 0.231 e. The predicted octanol–water partition coefficient (Wildman–Crippen LogP) is 1.26. The number of hydrogen-bond donors (Lipinski definition) is 1. The summed E-state index contributed by atoms with van der Waals surface area (Å²) in [5.41, 5.74) is 7.81. The molecule has 0 fully saturated rings. The second kappa shape index (κ2) is 4.94. The smallest absolute Gasteiger partial charge is 0.231 e. The zero-order valence-corrected chi connectivity index (χ0v) is 9.23. The molecule has 0 saturated heterocycles. The van der Waals surface area contributed by atoms with Crippen LogP contribution in [-0.4, -0.2) is 30.4 Å². The van der Waals surface area contributed by atoms with Crippen LogP contribution in [0.2, 0.25) is 0 Å². The number of rotatable bonds is 3. The maximum absolute atomic E-state index is 10.8. The van der Waals surface area contributed by atoms with Crippen LogP contribution in [0.4, 0.5) is 0 Å². The molecule has 0 unspecified atom stereocenters. The molecule has 84 valence electrons. The van der Waals surface area contributed by atoms with E-state index >= 15 is 0 Å². The molecule has 1 heterocycles. The van der Waals surface area contributed by atoms with E-state index in [1.807, 2.05) is 18.2 Å². The van der Waals surface area contributed by atoms with Crippen molar-refractivity contribution in [3.8, 4) is 0 Å². The van der Waals surface area contributed by atoms with Crippen molar-refractivity contribution >= 4 is 11.5 Å². The van der Waals surface area contributed by atoms with Crippen molar-refractivity contribution in [2.45, 2.75) is 6.42 Å². The van der Waals surface area contributed by atoms with Crippen molar-refractivity contribution in [2.75, 3.05) is 19.6 Å². The van der Waals surface area contributed by atoms with Gasteiger partial charge in [-0.05, 0) is 17.6 Å². The summed E-state index contributed by atoms with van der Waals surface area (Å²) in [7, 11) is 0. The van der Waals surface area contributed by atoms with Gasteiger partial charge in [0.25, 0.3) is 0 Å². The summed E-state index contributed by atoms with van der Waals surface area (Å²) >= 11 is 0. The van der Waals surface area contributed by atoms with Crippen molar-refractivity contribution in [2.24, 2.45) is 5.73 Å². The van der Waals surface area contributed by atoms with Crippen LogP contribution < -0.4 is 5.73 Å². The second-order valence-corrected chi connectivity index (χ2v) is 4.05. The molecule has 3 nitrogen and oxygen atoms in total. The zero-order chi connectivity index (χ0) is 11.4. The first-order chi connectivity index (χ1) is 7.75. The van der Waals surface area contributed by atoms with E-state index in [9.17, 15) is 4.79 Å². The Morgan fingerprint density at radius 3 is 2.62 bits per heavy atom. The van der Waals surface area contributed by atoms with Crippen LogP contribution in [0.15, 0.2) is 36.4 Å². The van der Waals surface area contributed by atoms with E-state index in [2.05, 4.69) is 23.1 Å². The van der Waals surface area contributed by atoms with Gasteiger partial charge in [-0.25, -0.2) is 0 Å². The average molecular weight is 216 g/mol. The largest absolute Gasteiger partial charge is 0.369 e. The van der Waals surface area contributed by atoms with Crippen molar-refractivity contribution in [3.05, 3.63) is 42.0 Å². The number of benzene rings is 1. The topological polar surface area (TPSA) is 46.3 Å². The number of nitrogens with zero attached hydrogens (tertiary/aromatic N) is 1. The molecule has 1 aromatic carbocycles. The lowest BCUT2D eigenvalue weighted by atomic mass is 10.00. The molecule has 0 spiro atoms. The molecule has 1 aliphatic rings. The Labute approximate surface area is 95.6 Å². The molecule has 0 atom stereocenters. The highest BCUT2D eigenvalue weighted by Gasteiger charge is 2.13. The summed E-state index contributed by atoms with van der Waals surface area (Å²) in [6.07, 6.45) is 3.17. The minimum atomic E-state index is -0.253. The van der Waals surface area contributed by atoms with E-state index in [0.29, 0.717) is 6.54 Å². The Morgan fingerprint density at radius 2 is 2.06 bits per heavy atom. The fraction of sp³-hybridized carbons (Fsp3) is 0.308. The van der Waals surface area contributed by atoms with Gasteiger partial charge in [0.1, 0.15) is 0 Å². The lowest BCUT2D eigenvalue weighted by molar-refractivity contribution is -0.119. The summed E-state index contributed by atoms with van der Waals surface area (Å²) in [6, 6.07) is 10.4. The van der Waals surface area contributed by atoms with E-state index in [1.54, 1.807) is 0 Å². The highest BCUT2D eigenvalue weighted by Crippen LogP contribution is 2.21. The standard InChI is InChI=1S/C13H16N2O/c14-13(16)10-15-8-6-12(7-9-15)11-4-2-1-3-5-11/h1-6H,7-10H2,(H2,14,16). The number of primary amides is 1. The molecule has 3 heteroatoms. The molecule has 1 aromatic rings. The Hall–Kier alpha value is -1.61. The van der Waals surface area contributed by atoms with E-state index in [-0.39, 0.29) is 5.91 Å². The van der Waals surface area contributed by atoms with Crippen LogP contribution in [0.1, 0.15) is 12.0 Å². The molecule has 2 N–H and O–H groups in total. The summed E-state index contributed by atoms with van der Waals surface area (Å²) in [5.74, 6) is -0.253. The Balaban J connectivity index is 2.01. The molecule has 2 rings (SSSR count). The van der Waals surface area contributed by atoms with Gasteiger partial charge in [-0.2, -0.15) is 0 Å². The van der Waals surface area contributed by atoms with E-state index in [1.165, 1.54) is 11.1 Å². The first kappa shape index (κ1) is 10.9. The van der Waals surface area contributed by atoms with Gasteiger partial charge in [-0.3, -0.25) is 9.69 Å². The number of hydrogen-bond acceptors (Lipinski definition) is 2. The van der Waals surface area contributed by atoms with Crippen molar-refractivity contribution in [1.29, 1.82) is 0 Å². The maximum atomic E-state index is 10.8. The van der Waals surface area contributed by atoms with Crippen molar-refractivity contribution < 1.29 is 4.79 Å². The molecule has 16 heavy (non-hydrogen) atoms. The van der Waals surface area contributed by atoms with Crippen LogP contribution in [0.25, 0.3) is 5.57 Å². The molecule has 0 saturated carbocycles. The molecule has 1 aliphatic heterocycles.